The van der Waals surface area contributed by atoms with Crippen LogP contribution in [0, 0.1) is 0 Å². The average Bonchev–Trinajstić information content (AvgIpc) is 3.36. The molecule has 3 N–H and O–H groups in total. The van der Waals surface area contributed by atoms with Crippen molar-refractivity contribution in [1.29, 1.82) is 0 Å². The van der Waals surface area contributed by atoms with Gasteiger partial charge >= 0.3 is 0 Å². The molecule has 0 saturated carbocycles. The van der Waals surface area contributed by atoms with Crippen molar-refractivity contribution in [3.63, 3.8) is 0 Å². The molecule has 10 heteroatoms. The van der Waals surface area contributed by atoms with E-state index < -0.39 is 10.0 Å². The lowest BCUT2D eigenvalue weighted by atomic mass is 10.0. The van der Waals surface area contributed by atoms with E-state index in [4.69, 9.17) is 11.6 Å². The standard InChI is InChI=1S/C25H34ClN5O3S/c1-35(33,34)29-22-6-2-3-7-24(22)30-13-15-31(16-14-30)25(32)23(28-18-21-5-4-12-27-21)17-19-8-10-20(26)11-9-19/h2-3,6-11,21,23,27-29H,4-5,12-18H2,1H3. The summed E-state index contributed by atoms with van der Waals surface area (Å²) < 4.78 is 26.2. The SMILES string of the molecule is CS(=O)(=O)Nc1ccccc1N1CCN(C(=O)C(Cc2ccc(Cl)cc2)NCC2CCCN2)CC1. The van der Waals surface area contributed by atoms with Gasteiger partial charge in [-0.2, -0.15) is 0 Å². The minimum Gasteiger partial charge on any atom is -0.366 e. The molecule has 35 heavy (non-hydrogen) atoms. The highest BCUT2D eigenvalue weighted by atomic mass is 35.5. The fraction of sp³-hybridized carbons (Fsp3) is 0.480. The first-order chi connectivity index (χ1) is 16.8. The topological polar surface area (TPSA) is 93.8 Å². The van der Waals surface area contributed by atoms with Gasteiger partial charge in [0.15, 0.2) is 0 Å². The molecule has 2 aromatic carbocycles. The number of piperazine rings is 1. The van der Waals surface area contributed by atoms with Gasteiger partial charge in [0.2, 0.25) is 15.9 Å². The molecule has 2 aliphatic rings. The zero-order valence-electron chi connectivity index (χ0n) is 20.0. The Kier molecular flexibility index (Phi) is 8.54. The van der Waals surface area contributed by atoms with Crippen LogP contribution in [-0.4, -0.2) is 76.8 Å². The molecule has 8 nitrogen and oxygen atoms in total. The first-order valence-electron chi connectivity index (χ1n) is 12.1. The van der Waals surface area contributed by atoms with Crippen LogP contribution >= 0.6 is 11.6 Å². The molecular formula is C25H34ClN5O3S. The third kappa shape index (κ3) is 7.33. The molecule has 190 valence electrons. The Balaban J connectivity index is 1.41. The molecule has 2 atom stereocenters. The zero-order chi connectivity index (χ0) is 24.8. The highest BCUT2D eigenvalue weighted by molar-refractivity contribution is 7.92. The third-order valence-corrected chi connectivity index (χ3v) is 7.40. The molecule has 2 unspecified atom stereocenters. The number of amides is 1. The highest BCUT2D eigenvalue weighted by Crippen LogP contribution is 2.27. The van der Waals surface area contributed by atoms with Crippen LogP contribution in [0.1, 0.15) is 18.4 Å². The summed E-state index contributed by atoms with van der Waals surface area (Å²) in [6.45, 7) is 4.20. The number of hydrogen-bond donors (Lipinski definition) is 3. The van der Waals surface area contributed by atoms with E-state index in [9.17, 15) is 13.2 Å². The van der Waals surface area contributed by atoms with Gasteiger partial charge in [-0.05, 0) is 55.6 Å². The van der Waals surface area contributed by atoms with Crippen molar-refractivity contribution in [2.45, 2.75) is 31.3 Å². The Morgan fingerprint density at radius 3 is 2.49 bits per heavy atom. The van der Waals surface area contributed by atoms with E-state index in [0.717, 1.165) is 37.0 Å². The van der Waals surface area contributed by atoms with Crippen LogP contribution in [-0.2, 0) is 21.2 Å². The van der Waals surface area contributed by atoms with Gasteiger partial charge in [0.1, 0.15) is 0 Å². The summed E-state index contributed by atoms with van der Waals surface area (Å²) in [6.07, 6.45) is 4.04. The van der Waals surface area contributed by atoms with Crippen LogP contribution in [0.2, 0.25) is 5.02 Å². The normalized spacial score (nSPS) is 19.5. The number of nitrogens with one attached hydrogen (secondary N) is 3. The van der Waals surface area contributed by atoms with Crippen LogP contribution in [0.15, 0.2) is 48.5 Å². The predicted octanol–water partition coefficient (Wildman–Crippen LogP) is 2.31. The van der Waals surface area contributed by atoms with Crippen molar-refractivity contribution >= 4 is 38.9 Å². The van der Waals surface area contributed by atoms with Gasteiger partial charge in [0.25, 0.3) is 0 Å². The molecule has 2 saturated heterocycles. The number of hydrogen-bond acceptors (Lipinski definition) is 6. The third-order valence-electron chi connectivity index (χ3n) is 6.56. The molecule has 0 radical (unpaired) electrons. The van der Waals surface area contributed by atoms with Gasteiger partial charge in [-0.1, -0.05) is 35.9 Å². The second kappa shape index (κ2) is 11.6. The van der Waals surface area contributed by atoms with E-state index in [0.29, 0.717) is 49.4 Å². The summed E-state index contributed by atoms with van der Waals surface area (Å²) >= 11 is 6.05. The van der Waals surface area contributed by atoms with Crippen molar-refractivity contribution in [1.82, 2.24) is 15.5 Å². The lowest BCUT2D eigenvalue weighted by molar-refractivity contribution is -0.133. The van der Waals surface area contributed by atoms with E-state index in [2.05, 4.69) is 20.3 Å². The van der Waals surface area contributed by atoms with Crippen molar-refractivity contribution in [3.05, 3.63) is 59.1 Å². The molecular weight excluding hydrogens is 486 g/mol. The first kappa shape index (κ1) is 25.8. The number of carbonyl (C=O) groups excluding carboxylic acids is 1. The lowest BCUT2D eigenvalue weighted by Gasteiger charge is -2.38. The maximum Gasteiger partial charge on any atom is 0.240 e. The van der Waals surface area contributed by atoms with Gasteiger partial charge in [0, 0.05) is 43.8 Å². The molecule has 0 aromatic heterocycles. The maximum absolute atomic E-state index is 13.6. The summed E-state index contributed by atoms with van der Waals surface area (Å²) in [5.41, 5.74) is 2.45. The number of para-hydroxylation sites is 2. The molecule has 2 aromatic rings. The van der Waals surface area contributed by atoms with Crippen molar-refractivity contribution in [2.75, 3.05) is 55.1 Å². The van der Waals surface area contributed by atoms with Crippen LogP contribution < -0.4 is 20.3 Å². The van der Waals surface area contributed by atoms with Gasteiger partial charge in [-0.15, -0.1) is 0 Å². The maximum atomic E-state index is 13.6. The Morgan fingerprint density at radius 1 is 1.11 bits per heavy atom. The Labute approximate surface area is 213 Å². The molecule has 4 rings (SSSR count). The first-order valence-corrected chi connectivity index (χ1v) is 14.4. The number of anilines is 2. The summed E-state index contributed by atoms with van der Waals surface area (Å²) in [6, 6.07) is 15.1. The number of halogens is 1. The van der Waals surface area contributed by atoms with Crippen LogP contribution in [0.3, 0.4) is 0 Å². The molecule has 0 spiro atoms. The summed E-state index contributed by atoms with van der Waals surface area (Å²) in [5.74, 6) is 0.0974. The minimum atomic E-state index is -3.38. The Morgan fingerprint density at radius 2 is 1.83 bits per heavy atom. The van der Waals surface area contributed by atoms with E-state index >= 15 is 0 Å². The molecule has 2 heterocycles. The van der Waals surface area contributed by atoms with Crippen molar-refractivity contribution < 1.29 is 13.2 Å². The second-order valence-corrected chi connectivity index (χ2v) is 11.5. The van der Waals surface area contributed by atoms with Crippen molar-refractivity contribution in [2.24, 2.45) is 0 Å². The molecule has 0 bridgehead atoms. The zero-order valence-corrected chi connectivity index (χ0v) is 21.6. The van der Waals surface area contributed by atoms with E-state index in [1.165, 1.54) is 6.42 Å². The van der Waals surface area contributed by atoms with E-state index in [1.807, 2.05) is 47.4 Å². The number of carbonyl (C=O) groups is 1. The number of benzene rings is 2. The molecule has 1 amide bonds. The number of sulfonamides is 1. The van der Waals surface area contributed by atoms with Crippen LogP contribution in [0.5, 0.6) is 0 Å². The summed E-state index contributed by atoms with van der Waals surface area (Å²) in [7, 11) is -3.38. The largest absolute Gasteiger partial charge is 0.366 e. The van der Waals surface area contributed by atoms with Crippen molar-refractivity contribution in [3.8, 4) is 0 Å². The predicted molar refractivity (Wildman–Crippen MR) is 142 cm³/mol. The van der Waals surface area contributed by atoms with E-state index in [1.54, 1.807) is 6.07 Å². The molecule has 0 aliphatic carbocycles. The lowest BCUT2D eigenvalue weighted by Crippen LogP contribution is -2.56. The van der Waals surface area contributed by atoms with Gasteiger partial charge < -0.3 is 20.4 Å². The average molecular weight is 520 g/mol. The Hall–Kier alpha value is -2.33. The fourth-order valence-corrected chi connectivity index (χ4v) is 5.44. The molecule has 2 fully saturated rings. The van der Waals surface area contributed by atoms with E-state index in [-0.39, 0.29) is 11.9 Å². The van der Waals surface area contributed by atoms with Crippen LogP contribution in [0.4, 0.5) is 11.4 Å². The summed E-state index contributed by atoms with van der Waals surface area (Å²) in [4.78, 5) is 17.6. The van der Waals surface area contributed by atoms with Gasteiger partial charge in [0.05, 0.1) is 23.7 Å². The fourth-order valence-electron chi connectivity index (χ4n) is 4.74. The van der Waals surface area contributed by atoms with Gasteiger partial charge in [-0.25, -0.2) is 8.42 Å². The highest BCUT2D eigenvalue weighted by Gasteiger charge is 2.29. The minimum absolute atomic E-state index is 0.0974. The Bertz CT molecular complexity index is 1100. The van der Waals surface area contributed by atoms with Gasteiger partial charge in [-0.3, -0.25) is 9.52 Å². The summed E-state index contributed by atoms with van der Waals surface area (Å²) in [5, 5.41) is 7.69. The second-order valence-electron chi connectivity index (χ2n) is 9.29. The smallest absolute Gasteiger partial charge is 0.240 e. The monoisotopic (exact) mass is 519 g/mol. The number of rotatable bonds is 9. The molecule has 2 aliphatic heterocycles. The number of nitrogens with zero attached hydrogens (tertiary/aromatic N) is 2. The quantitative estimate of drug-likeness (QED) is 0.471. The van der Waals surface area contributed by atoms with Crippen LogP contribution in [0.25, 0.3) is 0 Å².